The van der Waals surface area contributed by atoms with E-state index in [1.54, 1.807) is 18.2 Å². The Balaban J connectivity index is 1.74. The number of aromatic amines is 1. The molecule has 1 aromatic heterocycles. The van der Waals surface area contributed by atoms with Crippen LogP contribution in [0, 0.1) is 6.92 Å². The molecular weight excluding hydrogens is 402 g/mol. The SMILES string of the molecule is Cc1ccc(-n2c(O)c(/C=C3/C(c4ccccc4)=Nc4ccccc43)c(=O)[nH]c2=O)cc1. The zero-order valence-corrected chi connectivity index (χ0v) is 17.2. The standard InChI is InChI=1S/C26H19N3O3/c1-16-11-13-18(14-12-16)29-25(31)21(24(30)28-26(29)32)15-20-19-9-5-6-10-22(19)27-23(20)17-7-3-2-4-8-17/h2-15,31H,1H3,(H,28,30,32)/b20-15+. The Bertz CT molecular complexity index is 1510. The number of hydrogen-bond acceptors (Lipinski definition) is 4. The second-order valence-corrected chi connectivity index (χ2v) is 7.57. The molecule has 1 aliphatic rings. The van der Waals surface area contributed by atoms with Crippen molar-refractivity contribution in [3.05, 3.63) is 122 Å². The highest BCUT2D eigenvalue weighted by Crippen LogP contribution is 2.38. The molecule has 4 aromatic rings. The molecule has 6 nitrogen and oxygen atoms in total. The number of allylic oxidation sites excluding steroid dienone is 1. The second kappa shape index (κ2) is 7.67. The lowest BCUT2D eigenvalue weighted by Gasteiger charge is -2.11. The van der Waals surface area contributed by atoms with E-state index in [-0.39, 0.29) is 5.56 Å². The van der Waals surface area contributed by atoms with Crippen LogP contribution < -0.4 is 11.2 Å². The number of nitrogens with zero attached hydrogens (tertiary/aromatic N) is 2. The van der Waals surface area contributed by atoms with E-state index in [1.807, 2.05) is 73.7 Å². The first-order valence-corrected chi connectivity index (χ1v) is 10.1. The van der Waals surface area contributed by atoms with E-state index in [9.17, 15) is 14.7 Å². The molecule has 3 aromatic carbocycles. The van der Waals surface area contributed by atoms with Crippen molar-refractivity contribution in [3.8, 4) is 11.6 Å². The van der Waals surface area contributed by atoms with Crippen LogP contribution in [0.2, 0.25) is 0 Å². The number of para-hydroxylation sites is 1. The van der Waals surface area contributed by atoms with Crippen LogP contribution in [-0.4, -0.2) is 20.4 Å². The van der Waals surface area contributed by atoms with Crippen LogP contribution in [0.1, 0.15) is 22.3 Å². The van der Waals surface area contributed by atoms with Crippen LogP contribution in [0.25, 0.3) is 17.3 Å². The van der Waals surface area contributed by atoms with Crippen LogP contribution >= 0.6 is 0 Å². The Morgan fingerprint density at radius 3 is 2.34 bits per heavy atom. The molecule has 1 aliphatic heterocycles. The Kier molecular flexibility index (Phi) is 4.67. The van der Waals surface area contributed by atoms with Crippen molar-refractivity contribution in [2.24, 2.45) is 4.99 Å². The third kappa shape index (κ3) is 3.28. The fraction of sp³-hybridized carbons (Fsp3) is 0.0385. The number of nitrogens with one attached hydrogen (secondary N) is 1. The number of fused-ring (bicyclic) bond motifs is 1. The zero-order valence-electron chi connectivity index (χ0n) is 17.2. The number of aliphatic imine (C=N–C) groups is 1. The highest BCUT2D eigenvalue weighted by Gasteiger charge is 2.24. The summed E-state index contributed by atoms with van der Waals surface area (Å²) < 4.78 is 1.09. The van der Waals surface area contributed by atoms with E-state index in [0.29, 0.717) is 17.0 Å². The Hall–Kier alpha value is -4.45. The molecule has 0 spiro atoms. The minimum Gasteiger partial charge on any atom is -0.494 e. The van der Waals surface area contributed by atoms with Gasteiger partial charge in [0.2, 0.25) is 5.88 Å². The monoisotopic (exact) mass is 421 g/mol. The van der Waals surface area contributed by atoms with Gasteiger partial charge in [-0.05, 0) is 31.2 Å². The van der Waals surface area contributed by atoms with Crippen LogP contribution in [0.15, 0.2) is 93.4 Å². The summed E-state index contributed by atoms with van der Waals surface area (Å²) in [6, 6.07) is 24.3. The van der Waals surface area contributed by atoms with Gasteiger partial charge in [0, 0.05) is 16.7 Å². The summed E-state index contributed by atoms with van der Waals surface area (Å²) in [5.41, 5.74) is 3.98. The topological polar surface area (TPSA) is 87.4 Å². The van der Waals surface area contributed by atoms with Gasteiger partial charge >= 0.3 is 5.69 Å². The van der Waals surface area contributed by atoms with Gasteiger partial charge in [-0.1, -0.05) is 66.2 Å². The number of hydrogen-bond donors (Lipinski definition) is 2. The van der Waals surface area contributed by atoms with Crippen molar-refractivity contribution < 1.29 is 5.11 Å². The lowest BCUT2D eigenvalue weighted by Crippen LogP contribution is -2.30. The molecule has 0 radical (unpaired) electrons. The number of H-pyrrole nitrogens is 1. The first kappa shape index (κ1) is 19.5. The summed E-state index contributed by atoms with van der Waals surface area (Å²) in [5, 5.41) is 11.0. The first-order valence-electron chi connectivity index (χ1n) is 10.1. The second-order valence-electron chi connectivity index (χ2n) is 7.57. The molecule has 2 N–H and O–H groups in total. The van der Waals surface area contributed by atoms with Gasteiger partial charge in [0.05, 0.1) is 17.1 Å². The molecule has 0 bridgehead atoms. The quantitative estimate of drug-likeness (QED) is 0.519. The predicted molar refractivity (Wildman–Crippen MR) is 126 cm³/mol. The smallest absolute Gasteiger partial charge is 0.335 e. The van der Waals surface area contributed by atoms with Gasteiger partial charge in [-0.15, -0.1) is 0 Å². The number of rotatable bonds is 3. The lowest BCUT2D eigenvalue weighted by molar-refractivity contribution is 0.429. The molecule has 0 saturated carbocycles. The summed E-state index contributed by atoms with van der Waals surface area (Å²) in [4.78, 5) is 32.3. The molecule has 0 atom stereocenters. The van der Waals surface area contributed by atoms with E-state index in [0.717, 1.165) is 26.9 Å². The minimum absolute atomic E-state index is 0.0134. The fourth-order valence-electron chi connectivity index (χ4n) is 3.82. The van der Waals surface area contributed by atoms with E-state index in [1.165, 1.54) is 0 Å². The van der Waals surface area contributed by atoms with E-state index in [4.69, 9.17) is 4.99 Å². The maximum absolute atomic E-state index is 12.7. The summed E-state index contributed by atoms with van der Waals surface area (Å²) in [7, 11) is 0. The molecule has 0 saturated heterocycles. The van der Waals surface area contributed by atoms with Gasteiger partial charge < -0.3 is 5.11 Å². The van der Waals surface area contributed by atoms with E-state index >= 15 is 0 Å². The summed E-state index contributed by atoms with van der Waals surface area (Å²) in [5.74, 6) is -0.424. The van der Waals surface area contributed by atoms with Crippen LogP contribution in [-0.2, 0) is 0 Å². The fourth-order valence-corrected chi connectivity index (χ4v) is 3.82. The molecule has 2 heterocycles. The molecule has 156 valence electrons. The van der Waals surface area contributed by atoms with Crippen molar-refractivity contribution in [1.82, 2.24) is 9.55 Å². The molecule has 0 unspecified atom stereocenters. The maximum Gasteiger partial charge on any atom is 0.335 e. The van der Waals surface area contributed by atoms with Crippen molar-refractivity contribution in [3.63, 3.8) is 0 Å². The minimum atomic E-state index is -0.706. The average molecular weight is 421 g/mol. The average Bonchev–Trinajstić information content (AvgIpc) is 3.17. The highest BCUT2D eigenvalue weighted by molar-refractivity contribution is 6.39. The molecular formula is C26H19N3O3. The Labute approximate surface area is 183 Å². The summed E-state index contributed by atoms with van der Waals surface area (Å²) in [6.45, 7) is 1.93. The lowest BCUT2D eigenvalue weighted by atomic mass is 9.96. The Morgan fingerprint density at radius 1 is 0.906 bits per heavy atom. The van der Waals surface area contributed by atoms with Crippen LogP contribution in [0.4, 0.5) is 5.69 Å². The van der Waals surface area contributed by atoms with Crippen LogP contribution in [0.3, 0.4) is 0 Å². The number of aromatic hydroxyl groups is 1. The van der Waals surface area contributed by atoms with E-state index in [2.05, 4.69) is 4.98 Å². The molecule has 5 rings (SSSR count). The number of benzene rings is 3. The molecule has 0 fully saturated rings. The van der Waals surface area contributed by atoms with Crippen molar-refractivity contribution in [2.75, 3.05) is 0 Å². The normalized spacial score (nSPS) is 13.8. The number of aryl methyl sites for hydroxylation is 1. The van der Waals surface area contributed by atoms with Crippen molar-refractivity contribution in [1.29, 1.82) is 0 Å². The van der Waals surface area contributed by atoms with Crippen LogP contribution in [0.5, 0.6) is 5.88 Å². The third-order valence-electron chi connectivity index (χ3n) is 5.43. The van der Waals surface area contributed by atoms with Gasteiger partial charge in [-0.3, -0.25) is 9.78 Å². The zero-order chi connectivity index (χ0) is 22.2. The molecule has 6 heteroatoms. The van der Waals surface area contributed by atoms with Crippen molar-refractivity contribution >= 4 is 23.0 Å². The van der Waals surface area contributed by atoms with Crippen molar-refractivity contribution in [2.45, 2.75) is 6.92 Å². The number of aromatic nitrogens is 2. The molecule has 0 amide bonds. The molecule has 0 aliphatic carbocycles. The Morgan fingerprint density at radius 2 is 1.59 bits per heavy atom. The van der Waals surface area contributed by atoms with Gasteiger partial charge in [-0.2, -0.15) is 0 Å². The summed E-state index contributed by atoms with van der Waals surface area (Å²) in [6.07, 6.45) is 1.59. The van der Waals surface area contributed by atoms with Gasteiger partial charge in [0.25, 0.3) is 5.56 Å². The largest absolute Gasteiger partial charge is 0.494 e. The summed E-state index contributed by atoms with van der Waals surface area (Å²) >= 11 is 0. The van der Waals surface area contributed by atoms with Gasteiger partial charge in [-0.25, -0.2) is 14.4 Å². The third-order valence-corrected chi connectivity index (χ3v) is 5.43. The first-order chi connectivity index (χ1) is 15.5. The predicted octanol–water partition coefficient (Wildman–Crippen LogP) is 4.21. The highest BCUT2D eigenvalue weighted by atomic mass is 16.3. The maximum atomic E-state index is 12.7. The molecule has 32 heavy (non-hydrogen) atoms. The van der Waals surface area contributed by atoms with E-state index < -0.39 is 17.1 Å². The van der Waals surface area contributed by atoms with Gasteiger partial charge in [0.1, 0.15) is 5.56 Å². The van der Waals surface area contributed by atoms with Gasteiger partial charge in [0.15, 0.2) is 0 Å².